The van der Waals surface area contributed by atoms with Crippen molar-refractivity contribution in [3.05, 3.63) is 42.0 Å². The van der Waals surface area contributed by atoms with Gasteiger partial charge in [-0.25, -0.2) is 0 Å². The van der Waals surface area contributed by atoms with Crippen LogP contribution in [-0.2, 0) is 0 Å². The SMILES string of the molecule is CCCOc1ccc(C#CC=C[C@H]2CC[C@H]([C@H]3CC[C@H](CCC)CC3)CC2)cc1. The molecule has 3 rings (SSSR count). The van der Waals surface area contributed by atoms with Gasteiger partial charge < -0.3 is 4.74 Å². The Bertz CT molecular complexity index is 659. The van der Waals surface area contributed by atoms with Crippen LogP contribution in [-0.4, -0.2) is 6.61 Å². The summed E-state index contributed by atoms with van der Waals surface area (Å²) >= 11 is 0. The van der Waals surface area contributed by atoms with Gasteiger partial charge in [0, 0.05) is 5.56 Å². The van der Waals surface area contributed by atoms with Crippen LogP contribution in [0.5, 0.6) is 5.75 Å². The third kappa shape index (κ3) is 7.26. The normalized spacial score (nSPS) is 27.4. The number of ether oxygens (including phenoxy) is 1. The van der Waals surface area contributed by atoms with Gasteiger partial charge >= 0.3 is 0 Å². The molecule has 0 N–H and O–H groups in total. The van der Waals surface area contributed by atoms with Gasteiger partial charge in [0.25, 0.3) is 0 Å². The molecule has 2 fully saturated rings. The van der Waals surface area contributed by atoms with Crippen molar-refractivity contribution < 1.29 is 4.74 Å². The fourth-order valence-electron chi connectivity index (χ4n) is 5.33. The summed E-state index contributed by atoms with van der Waals surface area (Å²) in [4.78, 5) is 0. The first-order chi connectivity index (χ1) is 14.3. The van der Waals surface area contributed by atoms with Crippen molar-refractivity contribution in [3.8, 4) is 17.6 Å². The van der Waals surface area contributed by atoms with E-state index in [1.54, 1.807) is 0 Å². The molecule has 0 unspecified atom stereocenters. The summed E-state index contributed by atoms with van der Waals surface area (Å²) in [6.45, 7) is 5.23. The maximum absolute atomic E-state index is 5.62. The largest absolute Gasteiger partial charge is 0.494 e. The summed E-state index contributed by atoms with van der Waals surface area (Å²) in [6.07, 6.45) is 19.9. The molecule has 0 heterocycles. The van der Waals surface area contributed by atoms with Crippen molar-refractivity contribution >= 4 is 0 Å². The summed E-state index contributed by atoms with van der Waals surface area (Å²) in [5.41, 5.74) is 1.06. The zero-order valence-electron chi connectivity index (χ0n) is 18.7. The quantitative estimate of drug-likeness (QED) is 0.430. The Morgan fingerprint density at radius 2 is 1.52 bits per heavy atom. The van der Waals surface area contributed by atoms with Crippen molar-refractivity contribution in [2.75, 3.05) is 6.61 Å². The smallest absolute Gasteiger partial charge is 0.119 e. The Hall–Kier alpha value is -1.68. The molecule has 0 radical (unpaired) electrons. The van der Waals surface area contributed by atoms with Crippen molar-refractivity contribution in [1.82, 2.24) is 0 Å². The predicted molar refractivity (Wildman–Crippen MR) is 124 cm³/mol. The van der Waals surface area contributed by atoms with Gasteiger partial charge in [-0.1, -0.05) is 57.4 Å². The lowest BCUT2D eigenvalue weighted by Gasteiger charge is -2.37. The number of hydrogen-bond acceptors (Lipinski definition) is 1. The minimum atomic E-state index is 0.738. The molecule has 2 saturated carbocycles. The van der Waals surface area contributed by atoms with Crippen LogP contribution in [0.25, 0.3) is 0 Å². The summed E-state index contributed by atoms with van der Waals surface area (Å²) in [6, 6.07) is 8.12. The van der Waals surface area contributed by atoms with Gasteiger partial charge in [-0.2, -0.15) is 0 Å². The highest BCUT2D eigenvalue weighted by Crippen LogP contribution is 2.42. The summed E-state index contributed by atoms with van der Waals surface area (Å²) in [5, 5.41) is 0. The molecule has 0 spiro atoms. The zero-order valence-corrected chi connectivity index (χ0v) is 18.7. The van der Waals surface area contributed by atoms with Crippen molar-refractivity contribution in [2.45, 2.75) is 84.5 Å². The molecule has 0 saturated heterocycles. The Balaban J connectivity index is 1.38. The fourth-order valence-corrected chi connectivity index (χ4v) is 5.33. The molecule has 29 heavy (non-hydrogen) atoms. The van der Waals surface area contributed by atoms with E-state index >= 15 is 0 Å². The molecule has 0 aliphatic heterocycles. The average Bonchev–Trinajstić information content (AvgIpc) is 2.77. The molecule has 0 aromatic heterocycles. The second-order valence-electron chi connectivity index (χ2n) is 9.25. The van der Waals surface area contributed by atoms with E-state index in [9.17, 15) is 0 Å². The molecule has 1 nitrogen and oxygen atoms in total. The lowest BCUT2D eigenvalue weighted by molar-refractivity contribution is 0.152. The number of hydrogen-bond donors (Lipinski definition) is 0. The molecule has 0 amide bonds. The molecule has 2 aliphatic rings. The first-order valence-corrected chi connectivity index (χ1v) is 12.2. The van der Waals surface area contributed by atoms with Gasteiger partial charge in [-0.05, 0) is 99.0 Å². The van der Waals surface area contributed by atoms with Gasteiger partial charge in [-0.15, -0.1) is 0 Å². The van der Waals surface area contributed by atoms with Crippen LogP contribution in [0.2, 0.25) is 0 Å². The van der Waals surface area contributed by atoms with Crippen molar-refractivity contribution in [3.63, 3.8) is 0 Å². The average molecular weight is 393 g/mol. The molecule has 2 aliphatic carbocycles. The van der Waals surface area contributed by atoms with E-state index in [0.717, 1.165) is 48.0 Å². The number of allylic oxidation sites excluding steroid dienone is 2. The predicted octanol–water partition coefficient (Wildman–Crippen LogP) is 7.80. The van der Waals surface area contributed by atoms with E-state index in [1.165, 1.54) is 64.2 Å². The van der Waals surface area contributed by atoms with Crippen molar-refractivity contribution in [1.29, 1.82) is 0 Å². The van der Waals surface area contributed by atoms with Crippen LogP contribution in [0.15, 0.2) is 36.4 Å². The highest BCUT2D eigenvalue weighted by molar-refractivity contribution is 5.40. The molecule has 1 heteroatoms. The van der Waals surface area contributed by atoms with Crippen LogP contribution in [0, 0.1) is 35.5 Å². The first kappa shape index (κ1) is 22.0. The standard InChI is InChI=1S/C28H40O/c1-3-7-23-10-16-26(17-11-23)27-18-12-24(13-19-27)8-5-6-9-25-14-20-28(21-15-25)29-22-4-2/h5,8,14-15,20-21,23-24,26-27H,3-4,7,10-13,16-19,22H2,1-2H3/t23-,24-,26-,27-. The fraction of sp³-hybridized carbons (Fsp3) is 0.643. The highest BCUT2D eigenvalue weighted by Gasteiger charge is 2.29. The van der Waals surface area contributed by atoms with Crippen LogP contribution in [0.1, 0.15) is 90.0 Å². The van der Waals surface area contributed by atoms with E-state index in [4.69, 9.17) is 4.74 Å². The molecule has 158 valence electrons. The van der Waals surface area contributed by atoms with Gasteiger partial charge in [-0.3, -0.25) is 0 Å². The van der Waals surface area contributed by atoms with Crippen LogP contribution in [0.3, 0.4) is 0 Å². The van der Waals surface area contributed by atoms with Gasteiger partial charge in [0.1, 0.15) is 5.75 Å². The van der Waals surface area contributed by atoms with E-state index in [1.807, 2.05) is 24.3 Å². The van der Waals surface area contributed by atoms with E-state index in [2.05, 4.69) is 37.8 Å². The molecule has 1 aromatic carbocycles. The van der Waals surface area contributed by atoms with Crippen LogP contribution < -0.4 is 4.74 Å². The Labute approximate surface area is 179 Å². The molecular weight excluding hydrogens is 352 g/mol. The van der Waals surface area contributed by atoms with Crippen LogP contribution in [0.4, 0.5) is 0 Å². The number of benzene rings is 1. The van der Waals surface area contributed by atoms with E-state index in [0.29, 0.717) is 0 Å². The van der Waals surface area contributed by atoms with Gasteiger partial charge in [0.05, 0.1) is 6.61 Å². The lowest BCUT2D eigenvalue weighted by Crippen LogP contribution is -2.25. The molecule has 0 atom stereocenters. The van der Waals surface area contributed by atoms with E-state index in [-0.39, 0.29) is 0 Å². The summed E-state index contributed by atoms with van der Waals surface area (Å²) in [5.74, 6) is 11.2. The molecule has 0 bridgehead atoms. The first-order valence-electron chi connectivity index (χ1n) is 12.2. The summed E-state index contributed by atoms with van der Waals surface area (Å²) < 4.78 is 5.62. The molecular formula is C28H40O. The number of rotatable bonds is 7. The lowest BCUT2D eigenvalue weighted by atomic mass is 9.69. The second kappa shape index (κ2) is 12.1. The Morgan fingerprint density at radius 3 is 2.14 bits per heavy atom. The minimum absolute atomic E-state index is 0.738. The third-order valence-electron chi connectivity index (χ3n) is 7.07. The maximum Gasteiger partial charge on any atom is 0.119 e. The van der Waals surface area contributed by atoms with Crippen molar-refractivity contribution in [2.24, 2.45) is 23.7 Å². The Morgan fingerprint density at radius 1 is 0.862 bits per heavy atom. The Kier molecular flexibility index (Phi) is 9.20. The zero-order chi connectivity index (χ0) is 20.3. The third-order valence-corrected chi connectivity index (χ3v) is 7.07. The maximum atomic E-state index is 5.62. The highest BCUT2D eigenvalue weighted by atomic mass is 16.5. The van der Waals surface area contributed by atoms with Gasteiger partial charge in [0.2, 0.25) is 0 Å². The second-order valence-corrected chi connectivity index (χ2v) is 9.25. The van der Waals surface area contributed by atoms with E-state index < -0.39 is 0 Å². The van der Waals surface area contributed by atoms with Crippen LogP contribution >= 0.6 is 0 Å². The molecule has 1 aromatic rings. The van der Waals surface area contributed by atoms with Gasteiger partial charge in [0.15, 0.2) is 0 Å². The summed E-state index contributed by atoms with van der Waals surface area (Å²) in [7, 11) is 0. The topological polar surface area (TPSA) is 9.23 Å². The monoisotopic (exact) mass is 392 g/mol. The minimum Gasteiger partial charge on any atom is -0.494 e.